The molecule has 1 atom stereocenters. The summed E-state index contributed by atoms with van der Waals surface area (Å²) < 4.78 is 5.35. The lowest BCUT2D eigenvalue weighted by Gasteiger charge is -2.28. The van der Waals surface area contributed by atoms with Gasteiger partial charge in [-0.15, -0.1) is 0 Å². The summed E-state index contributed by atoms with van der Waals surface area (Å²) in [5.41, 5.74) is 3.56. The van der Waals surface area contributed by atoms with Gasteiger partial charge in [-0.2, -0.15) is 0 Å². The number of aryl methyl sites for hydroxylation is 1. The summed E-state index contributed by atoms with van der Waals surface area (Å²) in [5.74, 6) is 0.312. The van der Waals surface area contributed by atoms with E-state index in [0.29, 0.717) is 17.3 Å². The number of likely N-dealkylation sites (tertiary alicyclic amines) is 1. The molecule has 0 saturated carbocycles. The molecule has 5 nitrogen and oxygen atoms in total. The molecule has 2 heterocycles. The molecule has 0 radical (unpaired) electrons. The molecule has 2 aromatic carbocycles. The number of rotatable bonds is 6. The molecule has 6 heteroatoms. The van der Waals surface area contributed by atoms with E-state index in [1.807, 2.05) is 12.1 Å². The summed E-state index contributed by atoms with van der Waals surface area (Å²) in [6.07, 6.45) is 2.40. The molecule has 0 aliphatic carbocycles. The van der Waals surface area contributed by atoms with Gasteiger partial charge < -0.3 is 9.84 Å². The van der Waals surface area contributed by atoms with Crippen LogP contribution in [0.3, 0.4) is 0 Å². The van der Waals surface area contributed by atoms with Gasteiger partial charge >= 0.3 is 0 Å². The molecular weight excluding hydrogens is 386 g/mol. The first kappa shape index (κ1) is 19.7. The third-order valence-corrected chi connectivity index (χ3v) is 5.62. The molecule has 1 aliphatic rings. The number of aromatic nitrogens is 1. The number of carbonyl (C=O) groups is 1. The van der Waals surface area contributed by atoms with E-state index in [1.165, 1.54) is 24.0 Å². The lowest BCUT2D eigenvalue weighted by molar-refractivity contribution is 0.0929. The van der Waals surface area contributed by atoms with Gasteiger partial charge in [0.1, 0.15) is 0 Å². The molecule has 3 aromatic rings. The largest absolute Gasteiger partial charge is 0.355 e. The molecule has 4 rings (SSSR count). The van der Waals surface area contributed by atoms with Gasteiger partial charge in [-0.05, 0) is 62.7 Å². The highest BCUT2D eigenvalue weighted by Gasteiger charge is 2.24. The average Bonchev–Trinajstić information content (AvgIpc) is 3.42. The van der Waals surface area contributed by atoms with Gasteiger partial charge in [0.05, 0.1) is 6.04 Å². The zero-order valence-electron chi connectivity index (χ0n) is 16.4. The Bertz CT molecular complexity index is 961. The Morgan fingerprint density at radius 1 is 1.14 bits per heavy atom. The predicted octanol–water partition coefficient (Wildman–Crippen LogP) is 4.87. The molecule has 1 aliphatic heterocycles. The summed E-state index contributed by atoms with van der Waals surface area (Å²) in [6, 6.07) is 17.6. The van der Waals surface area contributed by atoms with Gasteiger partial charge in [0.25, 0.3) is 5.91 Å². The minimum atomic E-state index is -0.231. The Morgan fingerprint density at radius 2 is 1.83 bits per heavy atom. The summed E-state index contributed by atoms with van der Waals surface area (Å²) in [4.78, 5) is 15.1. The van der Waals surface area contributed by atoms with Crippen molar-refractivity contribution in [1.82, 2.24) is 15.4 Å². The highest BCUT2D eigenvalue weighted by Crippen LogP contribution is 2.26. The molecule has 0 bridgehead atoms. The number of hydrogen-bond donors (Lipinski definition) is 1. The van der Waals surface area contributed by atoms with Crippen molar-refractivity contribution in [2.45, 2.75) is 25.8 Å². The second-order valence-electron chi connectivity index (χ2n) is 7.46. The lowest BCUT2D eigenvalue weighted by Crippen LogP contribution is -2.36. The summed E-state index contributed by atoms with van der Waals surface area (Å²) >= 11 is 5.92. The maximum Gasteiger partial charge on any atom is 0.273 e. The van der Waals surface area contributed by atoms with Crippen molar-refractivity contribution >= 4 is 17.5 Å². The van der Waals surface area contributed by atoms with E-state index in [4.69, 9.17) is 16.1 Å². The molecule has 0 spiro atoms. The molecule has 1 amide bonds. The lowest BCUT2D eigenvalue weighted by atomic mass is 10.0. The van der Waals surface area contributed by atoms with Crippen LogP contribution in [0, 0.1) is 6.92 Å². The SMILES string of the molecule is Cc1ccc([C@H](CNC(=O)c2cc(-c3ccc(Cl)cc3)on2)N2CCCC2)cc1. The number of halogens is 1. The summed E-state index contributed by atoms with van der Waals surface area (Å²) in [6.45, 7) is 4.72. The maximum atomic E-state index is 12.7. The first-order chi connectivity index (χ1) is 14.1. The van der Waals surface area contributed by atoms with Gasteiger partial charge in [-0.3, -0.25) is 9.69 Å². The topological polar surface area (TPSA) is 58.4 Å². The highest BCUT2D eigenvalue weighted by molar-refractivity contribution is 6.30. The van der Waals surface area contributed by atoms with Crippen molar-refractivity contribution in [3.63, 3.8) is 0 Å². The van der Waals surface area contributed by atoms with Crippen LogP contribution in [0.15, 0.2) is 59.1 Å². The first-order valence-corrected chi connectivity index (χ1v) is 10.3. The van der Waals surface area contributed by atoms with Crippen LogP contribution < -0.4 is 5.32 Å². The number of nitrogens with one attached hydrogen (secondary N) is 1. The zero-order chi connectivity index (χ0) is 20.2. The molecule has 29 heavy (non-hydrogen) atoms. The van der Waals surface area contributed by atoms with E-state index in [2.05, 4.69) is 46.6 Å². The Morgan fingerprint density at radius 3 is 2.52 bits per heavy atom. The van der Waals surface area contributed by atoms with Crippen LogP contribution in [0.2, 0.25) is 5.02 Å². The second kappa shape index (κ2) is 8.80. The van der Waals surface area contributed by atoms with Crippen LogP contribution in [0.25, 0.3) is 11.3 Å². The Hall–Kier alpha value is -2.63. The van der Waals surface area contributed by atoms with Crippen molar-refractivity contribution in [3.05, 3.63) is 76.4 Å². The molecule has 1 aromatic heterocycles. The normalized spacial score (nSPS) is 15.4. The van der Waals surface area contributed by atoms with E-state index in [0.717, 1.165) is 18.7 Å². The predicted molar refractivity (Wildman–Crippen MR) is 114 cm³/mol. The maximum absolute atomic E-state index is 12.7. The number of hydrogen-bond acceptors (Lipinski definition) is 4. The van der Waals surface area contributed by atoms with Crippen LogP contribution in [0.1, 0.15) is 40.5 Å². The van der Waals surface area contributed by atoms with Crippen LogP contribution in [-0.2, 0) is 0 Å². The fourth-order valence-corrected chi connectivity index (χ4v) is 3.84. The number of amides is 1. The third-order valence-electron chi connectivity index (χ3n) is 5.37. The standard InChI is InChI=1S/C23H24ClN3O2/c1-16-4-6-17(7-5-16)21(27-12-2-3-13-27)15-25-23(28)20-14-22(29-26-20)18-8-10-19(24)11-9-18/h4-11,14,21H,2-3,12-13,15H2,1H3,(H,25,28)/t21-/m0/s1. The number of carbonyl (C=O) groups excluding carboxylic acids is 1. The molecule has 1 saturated heterocycles. The molecular formula is C23H24ClN3O2. The van der Waals surface area contributed by atoms with E-state index in [-0.39, 0.29) is 17.6 Å². The van der Waals surface area contributed by atoms with Gasteiger partial charge in [-0.25, -0.2) is 0 Å². The summed E-state index contributed by atoms with van der Waals surface area (Å²) in [7, 11) is 0. The van der Waals surface area contributed by atoms with Gasteiger partial charge in [0.15, 0.2) is 11.5 Å². The van der Waals surface area contributed by atoms with Crippen LogP contribution in [0.4, 0.5) is 0 Å². The molecule has 1 N–H and O–H groups in total. The average molecular weight is 410 g/mol. The van der Waals surface area contributed by atoms with Crippen molar-refractivity contribution in [1.29, 1.82) is 0 Å². The van der Waals surface area contributed by atoms with E-state index in [9.17, 15) is 4.79 Å². The van der Waals surface area contributed by atoms with E-state index >= 15 is 0 Å². The van der Waals surface area contributed by atoms with Crippen molar-refractivity contribution in [2.24, 2.45) is 0 Å². The van der Waals surface area contributed by atoms with Gasteiger partial charge in [-0.1, -0.05) is 46.6 Å². The monoisotopic (exact) mass is 409 g/mol. The van der Waals surface area contributed by atoms with Gasteiger partial charge in [0.2, 0.25) is 0 Å². The Kier molecular flexibility index (Phi) is 5.97. The summed E-state index contributed by atoms with van der Waals surface area (Å²) in [5, 5.41) is 7.63. The van der Waals surface area contributed by atoms with Crippen molar-refractivity contribution in [3.8, 4) is 11.3 Å². The zero-order valence-corrected chi connectivity index (χ0v) is 17.2. The van der Waals surface area contributed by atoms with Crippen LogP contribution in [-0.4, -0.2) is 35.6 Å². The number of benzene rings is 2. The molecule has 1 fully saturated rings. The van der Waals surface area contributed by atoms with E-state index < -0.39 is 0 Å². The van der Waals surface area contributed by atoms with Crippen LogP contribution in [0.5, 0.6) is 0 Å². The minimum Gasteiger partial charge on any atom is -0.355 e. The first-order valence-electron chi connectivity index (χ1n) is 9.91. The minimum absolute atomic E-state index is 0.157. The fraction of sp³-hybridized carbons (Fsp3) is 0.304. The molecule has 0 unspecified atom stereocenters. The second-order valence-corrected chi connectivity index (χ2v) is 7.90. The van der Waals surface area contributed by atoms with E-state index in [1.54, 1.807) is 18.2 Å². The quantitative estimate of drug-likeness (QED) is 0.631. The molecule has 150 valence electrons. The van der Waals surface area contributed by atoms with Crippen LogP contribution >= 0.6 is 11.6 Å². The third kappa shape index (κ3) is 4.69. The van der Waals surface area contributed by atoms with Crippen molar-refractivity contribution in [2.75, 3.05) is 19.6 Å². The Labute approximate surface area is 175 Å². The number of nitrogens with zero attached hydrogens (tertiary/aromatic N) is 2. The van der Waals surface area contributed by atoms with Gasteiger partial charge in [0, 0.05) is 23.2 Å². The Balaban J connectivity index is 1.45. The smallest absolute Gasteiger partial charge is 0.273 e. The van der Waals surface area contributed by atoms with Crippen molar-refractivity contribution < 1.29 is 9.32 Å². The fourth-order valence-electron chi connectivity index (χ4n) is 3.71. The highest BCUT2D eigenvalue weighted by atomic mass is 35.5.